The molecule has 0 saturated heterocycles. The van der Waals surface area contributed by atoms with Crippen LogP contribution in [0.2, 0.25) is 0 Å². The number of phenolic OH excluding ortho intramolecular Hbond substituents is 1. The zero-order valence-electron chi connectivity index (χ0n) is 10.5. The van der Waals surface area contributed by atoms with Crippen LogP contribution in [0.25, 0.3) is 0 Å². The maximum absolute atomic E-state index is 11.2. The third kappa shape index (κ3) is 3.20. The van der Waals surface area contributed by atoms with Gasteiger partial charge in [0.25, 0.3) is 0 Å². The van der Waals surface area contributed by atoms with E-state index in [4.69, 9.17) is 5.11 Å². The second kappa shape index (κ2) is 5.68. The van der Waals surface area contributed by atoms with Crippen LogP contribution >= 0.6 is 0 Å². The molecule has 17 heavy (non-hydrogen) atoms. The molecule has 2 N–H and O–H groups in total. The molecule has 0 amide bonds. The average Bonchev–Trinajstić information content (AvgIpc) is 2.24. The molecule has 1 rings (SSSR count). The molecule has 0 aliphatic carbocycles. The van der Waals surface area contributed by atoms with Gasteiger partial charge in [-0.2, -0.15) is 0 Å². The van der Waals surface area contributed by atoms with Crippen LogP contribution in [0.15, 0.2) is 18.2 Å². The van der Waals surface area contributed by atoms with E-state index in [1.54, 1.807) is 18.2 Å². The summed E-state index contributed by atoms with van der Waals surface area (Å²) in [6.45, 7) is 5.98. The molecule has 0 heterocycles. The Kier molecular flexibility index (Phi) is 4.52. The molecule has 1 aromatic carbocycles. The van der Waals surface area contributed by atoms with Gasteiger partial charge in [0.2, 0.25) is 0 Å². The van der Waals surface area contributed by atoms with Crippen molar-refractivity contribution in [3.8, 4) is 5.75 Å². The summed E-state index contributed by atoms with van der Waals surface area (Å²) in [5.74, 6) is -0.175. The summed E-state index contributed by atoms with van der Waals surface area (Å²) < 4.78 is 0. The number of carbonyl (C=O) groups is 1. The molecule has 4 nitrogen and oxygen atoms in total. The topological polar surface area (TPSA) is 60.8 Å². The van der Waals surface area contributed by atoms with Gasteiger partial charge >= 0.3 is 0 Å². The van der Waals surface area contributed by atoms with Gasteiger partial charge in [-0.15, -0.1) is 0 Å². The molecule has 4 heteroatoms. The van der Waals surface area contributed by atoms with Crippen molar-refractivity contribution in [3.05, 3.63) is 23.8 Å². The van der Waals surface area contributed by atoms with Gasteiger partial charge < -0.3 is 15.1 Å². The van der Waals surface area contributed by atoms with Crippen molar-refractivity contribution in [1.82, 2.24) is 0 Å². The van der Waals surface area contributed by atoms with Gasteiger partial charge in [-0.25, -0.2) is 0 Å². The molecule has 1 aromatic rings. The fourth-order valence-corrected chi connectivity index (χ4v) is 1.79. The van der Waals surface area contributed by atoms with Crippen molar-refractivity contribution in [2.75, 3.05) is 18.1 Å². The lowest BCUT2D eigenvalue weighted by atomic mass is 10.1. The number of aliphatic hydroxyl groups excluding tert-OH is 1. The standard InChI is InChI=1S/C13H19NO3/c1-9(2)14(6-7-15)11-4-5-12(10(3)16)13(17)8-11/h4-5,8-9,15,17H,6-7H2,1-3H3. The van der Waals surface area contributed by atoms with Crippen molar-refractivity contribution >= 4 is 11.5 Å². The van der Waals surface area contributed by atoms with Gasteiger partial charge in [-0.05, 0) is 32.9 Å². The Bertz CT molecular complexity index is 402. The largest absolute Gasteiger partial charge is 0.507 e. The minimum Gasteiger partial charge on any atom is -0.507 e. The Morgan fingerprint density at radius 1 is 1.41 bits per heavy atom. The van der Waals surface area contributed by atoms with Gasteiger partial charge in [0, 0.05) is 24.3 Å². The molecule has 0 aliphatic heterocycles. The molecule has 0 saturated carbocycles. The number of carbonyl (C=O) groups excluding carboxylic acids is 1. The molecule has 94 valence electrons. The number of rotatable bonds is 5. The van der Waals surface area contributed by atoms with Crippen LogP contribution in [0.3, 0.4) is 0 Å². The smallest absolute Gasteiger partial charge is 0.163 e. The Labute approximate surface area is 101 Å². The van der Waals surface area contributed by atoms with Crippen molar-refractivity contribution in [2.24, 2.45) is 0 Å². The SMILES string of the molecule is CC(=O)c1ccc(N(CCO)C(C)C)cc1O. The average molecular weight is 237 g/mol. The molecule has 0 bridgehead atoms. The minimum absolute atomic E-state index is 0.0152. The first-order valence-electron chi connectivity index (χ1n) is 5.68. The fourth-order valence-electron chi connectivity index (χ4n) is 1.79. The van der Waals surface area contributed by atoms with Crippen molar-refractivity contribution in [1.29, 1.82) is 0 Å². The summed E-state index contributed by atoms with van der Waals surface area (Å²) in [5, 5.41) is 18.8. The fraction of sp³-hybridized carbons (Fsp3) is 0.462. The Morgan fingerprint density at radius 2 is 2.06 bits per heavy atom. The van der Waals surface area contributed by atoms with Crippen molar-refractivity contribution in [2.45, 2.75) is 26.8 Å². The van der Waals surface area contributed by atoms with Gasteiger partial charge in [-0.1, -0.05) is 0 Å². The molecule has 0 unspecified atom stereocenters. The van der Waals surface area contributed by atoms with E-state index in [2.05, 4.69) is 0 Å². The highest BCUT2D eigenvalue weighted by Gasteiger charge is 2.13. The minimum atomic E-state index is -0.160. The normalized spacial score (nSPS) is 10.6. The number of aliphatic hydroxyl groups is 1. The Morgan fingerprint density at radius 3 is 2.47 bits per heavy atom. The van der Waals surface area contributed by atoms with Crippen LogP contribution in [-0.4, -0.2) is 35.2 Å². The molecular weight excluding hydrogens is 218 g/mol. The summed E-state index contributed by atoms with van der Waals surface area (Å²) >= 11 is 0. The third-order valence-electron chi connectivity index (χ3n) is 2.66. The molecular formula is C13H19NO3. The van der Waals surface area contributed by atoms with Crippen molar-refractivity contribution < 1.29 is 15.0 Å². The van der Waals surface area contributed by atoms with Crippen LogP contribution in [0.5, 0.6) is 5.75 Å². The highest BCUT2D eigenvalue weighted by atomic mass is 16.3. The van der Waals surface area contributed by atoms with Gasteiger partial charge in [0.05, 0.1) is 12.2 Å². The van der Waals surface area contributed by atoms with Crippen LogP contribution in [0.1, 0.15) is 31.1 Å². The monoisotopic (exact) mass is 237 g/mol. The number of aromatic hydroxyl groups is 1. The Hall–Kier alpha value is -1.55. The second-order valence-electron chi connectivity index (χ2n) is 4.27. The summed E-state index contributed by atoms with van der Waals surface area (Å²) in [4.78, 5) is 13.2. The van der Waals surface area contributed by atoms with Crippen LogP contribution in [0.4, 0.5) is 5.69 Å². The van der Waals surface area contributed by atoms with Crippen molar-refractivity contribution in [3.63, 3.8) is 0 Å². The van der Waals surface area contributed by atoms with E-state index in [1.165, 1.54) is 6.92 Å². The number of nitrogens with zero attached hydrogens (tertiary/aromatic N) is 1. The van der Waals surface area contributed by atoms with E-state index in [9.17, 15) is 9.90 Å². The van der Waals surface area contributed by atoms with Crippen LogP contribution < -0.4 is 4.90 Å². The lowest BCUT2D eigenvalue weighted by Crippen LogP contribution is -2.33. The molecule has 0 radical (unpaired) electrons. The van der Waals surface area contributed by atoms with E-state index >= 15 is 0 Å². The first-order valence-corrected chi connectivity index (χ1v) is 5.68. The van der Waals surface area contributed by atoms with E-state index in [0.29, 0.717) is 12.1 Å². The lowest BCUT2D eigenvalue weighted by Gasteiger charge is -2.28. The van der Waals surface area contributed by atoms with Gasteiger partial charge in [-0.3, -0.25) is 4.79 Å². The van der Waals surface area contributed by atoms with E-state index in [0.717, 1.165) is 5.69 Å². The van der Waals surface area contributed by atoms with Gasteiger partial charge in [0.1, 0.15) is 5.75 Å². The van der Waals surface area contributed by atoms with Crippen LogP contribution in [-0.2, 0) is 0 Å². The maximum Gasteiger partial charge on any atom is 0.163 e. The number of ketones is 1. The zero-order valence-corrected chi connectivity index (χ0v) is 10.5. The number of anilines is 1. The van der Waals surface area contributed by atoms with E-state index < -0.39 is 0 Å². The first kappa shape index (κ1) is 13.5. The van der Waals surface area contributed by atoms with Crippen LogP contribution in [0, 0.1) is 0 Å². The van der Waals surface area contributed by atoms with Gasteiger partial charge in [0.15, 0.2) is 5.78 Å². The Balaban J connectivity index is 3.06. The quantitative estimate of drug-likeness (QED) is 0.767. The maximum atomic E-state index is 11.2. The predicted molar refractivity (Wildman–Crippen MR) is 67.7 cm³/mol. The zero-order chi connectivity index (χ0) is 13.0. The molecule has 0 spiro atoms. The number of hydrogen-bond acceptors (Lipinski definition) is 4. The molecule has 0 fully saturated rings. The molecule has 0 atom stereocenters. The molecule has 0 aliphatic rings. The second-order valence-corrected chi connectivity index (χ2v) is 4.27. The summed E-state index contributed by atoms with van der Waals surface area (Å²) in [5.41, 5.74) is 1.12. The summed E-state index contributed by atoms with van der Waals surface area (Å²) in [6, 6.07) is 5.17. The molecule has 0 aromatic heterocycles. The van der Waals surface area contributed by atoms with E-state index in [1.807, 2.05) is 18.7 Å². The first-order chi connectivity index (χ1) is 7.97. The summed E-state index contributed by atoms with van der Waals surface area (Å²) in [6.07, 6.45) is 0. The third-order valence-corrected chi connectivity index (χ3v) is 2.66. The highest BCUT2D eigenvalue weighted by molar-refractivity contribution is 5.97. The number of Topliss-reactive ketones (excluding diaryl/α,β-unsaturated/α-hetero) is 1. The number of hydrogen-bond donors (Lipinski definition) is 2. The summed E-state index contributed by atoms with van der Waals surface area (Å²) in [7, 11) is 0. The predicted octanol–water partition coefficient (Wildman–Crippen LogP) is 1.80. The number of benzene rings is 1. The van der Waals surface area contributed by atoms with E-state index in [-0.39, 0.29) is 24.2 Å². The number of phenols is 1. The lowest BCUT2D eigenvalue weighted by molar-refractivity contribution is 0.101. The highest BCUT2D eigenvalue weighted by Crippen LogP contribution is 2.26.